The number of fused-ring (bicyclic) bond motifs is 1. The third kappa shape index (κ3) is 4.65. The van der Waals surface area contributed by atoms with Gasteiger partial charge in [-0.05, 0) is 70.0 Å². The van der Waals surface area contributed by atoms with E-state index in [1.807, 2.05) is 55.1 Å². The van der Waals surface area contributed by atoms with Crippen LogP contribution in [0.25, 0.3) is 11.0 Å². The van der Waals surface area contributed by atoms with E-state index in [1.54, 1.807) is 0 Å². The van der Waals surface area contributed by atoms with Crippen LogP contribution in [0, 0.1) is 13.8 Å². The number of aryl methyl sites for hydroxylation is 2. The van der Waals surface area contributed by atoms with Gasteiger partial charge in [0, 0.05) is 24.4 Å². The largest absolute Gasteiger partial charge is 0.491 e. The molecule has 0 aliphatic carbocycles. The van der Waals surface area contributed by atoms with Crippen molar-refractivity contribution < 1.29 is 14.6 Å². The Bertz CT molecular complexity index is 1110. The molecule has 1 aliphatic rings. The zero-order valence-electron chi connectivity index (χ0n) is 19.6. The van der Waals surface area contributed by atoms with Crippen LogP contribution in [0.3, 0.4) is 0 Å². The van der Waals surface area contributed by atoms with Gasteiger partial charge in [-0.25, -0.2) is 4.98 Å². The maximum atomic E-state index is 12.7. The third-order valence-corrected chi connectivity index (χ3v) is 6.01. The summed E-state index contributed by atoms with van der Waals surface area (Å²) in [5.41, 5.74) is 3.89. The zero-order chi connectivity index (χ0) is 23.0. The summed E-state index contributed by atoms with van der Waals surface area (Å²) in [4.78, 5) is 19.5. The molecule has 4 rings (SSSR count). The van der Waals surface area contributed by atoms with Gasteiger partial charge in [-0.15, -0.1) is 0 Å². The predicted molar refractivity (Wildman–Crippen MR) is 126 cm³/mol. The van der Waals surface area contributed by atoms with Crippen LogP contribution in [-0.4, -0.2) is 50.3 Å². The van der Waals surface area contributed by atoms with E-state index >= 15 is 0 Å². The van der Waals surface area contributed by atoms with Crippen molar-refractivity contribution >= 4 is 16.9 Å². The molecule has 0 bridgehead atoms. The highest BCUT2D eigenvalue weighted by atomic mass is 16.5. The average Bonchev–Trinajstić information content (AvgIpc) is 3.26. The van der Waals surface area contributed by atoms with E-state index in [2.05, 4.69) is 31.4 Å². The number of aromatic nitrogens is 2. The number of aliphatic hydroxyl groups is 1. The zero-order valence-corrected chi connectivity index (χ0v) is 19.6. The van der Waals surface area contributed by atoms with Crippen molar-refractivity contribution in [1.29, 1.82) is 0 Å². The van der Waals surface area contributed by atoms with Crippen molar-refractivity contribution in [2.75, 3.05) is 13.2 Å². The lowest BCUT2D eigenvalue weighted by atomic mass is 10.1. The van der Waals surface area contributed by atoms with Crippen LogP contribution in [0.4, 0.5) is 0 Å². The summed E-state index contributed by atoms with van der Waals surface area (Å²) in [6, 6.07) is 14.0. The van der Waals surface area contributed by atoms with Gasteiger partial charge < -0.3 is 19.3 Å². The van der Waals surface area contributed by atoms with Gasteiger partial charge in [-0.2, -0.15) is 0 Å². The van der Waals surface area contributed by atoms with Crippen LogP contribution in [0.1, 0.15) is 50.1 Å². The lowest BCUT2D eigenvalue weighted by Crippen LogP contribution is -2.42. The highest BCUT2D eigenvalue weighted by Gasteiger charge is 2.39. The first-order chi connectivity index (χ1) is 15.1. The molecule has 0 spiro atoms. The van der Waals surface area contributed by atoms with Gasteiger partial charge in [0.1, 0.15) is 24.3 Å². The molecular weight excluding hydrogens is 402 g/mol. The second-order valence-corrected chi connectivity index (χ2v) is 9.93. The van der Waals surface area contributed by atoms with E-state index in [9.17, 15) is 9.90 Å². The highest BCUT2D eigenvalue weighted by molar-refractivity contribution is 5.81. The molecule has 0 radical (unpaired) electrons. The van der Waals surface area contributed by atoms with Crippen molar-refractivity contribution in [2.45, 2.75) is 65.1 Å². The van der Waals surface area contributed by atoms with Gasteiger partial charge in [-0.3, -0.25) is 4.79 Å². The molecule has 32 heavy (non-hydrogen) atoms. The first-order valence-corrected chi connectivity index (χ1v) is 11.3. The molecule has 1 aromatic heterocycles. The summed E-state index contributed by atoms with van der Waals surface area (Å²) in [6.07, 6.45) is -0.265. The molecule has 0 saturated carbocycles. The van der Waals surface area contributed by atoms with Crippen molar-refractivity contribution in [3.8, 4) is 5.75 Å². The Morgan fingerprint density at radius 1 is 1.16 bits per heavy atom. The minimum absolute atomic E-state index is 0.00154. The fourth-order valence-electron chi connectivity index (χ4n) is 4.60. The molecule has 1 N–H and O–H groups in total. The Morgan fingerprint density at radius 2 is 1.84 bits per heavy atom. The number of aliphatic hydroxyl groups excluding tert-OH is 1. The van der Waals surface area contributed by atoms with Crippen LogP contribution in [0.5, 0.6) is 5.75 Å². The standard InChI is InChI=1S/C26H33N3O3/c1-17-10-18(2)12-21(11-17)32-16-20(30)15-28-23-9-7-6-8-22(23)27-25(28)19-13-24(31)29(14-19)26(3,4)5/h6-12,19-20,30H,13-16H2,1-5H3/t19-,20+/m0/s1. The van der Waals surface area contributed by atoms with Crippen LogP contribution < -0.4 is 4.74 Å². The molecule has 6 heteroatoms. The smallest absolute Gasteiger partial charge is 0.223 e. The minimum Gasteiger partial charge on any atom is -0.491 e. The molecule has 0 unspecified atom stereocenters. The van der Waals surface area contributed by atoms with E-state index in [1.165, 1.54) is 0 Å². The number of hydrogen-bond donors (Lipinski definition) is 1. The normalized spacial score (nSPS) is 17.9. The minimum atomic E-state index is -0.706. The molecule has 2 aromatic carbocycles. The van der Waals surface area contributed by atoms with E-state index in [4.69, 9.17) is 9.72 Å². The summed E-state index contributed by atoms with van der Waals surface area (Å²) in [5, 5.41) is 10.8. The fraction of sp³-hybridized carbons (Fsp3) is 0.462. The van der Waals surface area contributed by atoms with E-state index in [0.717, 1.165) is 33.7 Å². The van der Waals surface area contributed by atoms with Gasteiger partial charge in [0.15, 0.2) is 0 Å². The molecule has 6 nitrogen and oxygen atoms in total. The maximum Gasteiger partial charge on any atom is 0.223 e. The van der Waals surface area contributed by atoms with Gasteiger partial charge >= 0.3 is 0 Å². The molecule has 1 saturated heterocycles. The van der Waals surface area contributed by atoms with Crippen molar-refractivity contribution in [1.82, 2.24) is 14.5 Å². The number of benzene rings is 2. The summed E-state index contributed by atoms with van der Waals surface area (Å²) < 4.78 is 7.95. The maximum absolute atomic E-state index is 12.7. The Balaban J connectivity index is 1.56. The molecule has 1 fully saturated rings. The average molecular weight is 436 g/mol. The number of para-hydroxylation sites is 2. The monoisotopic (exact) mass is 435 g/mol. The molecule has 170 valence electrons. The number of nitrogens with zero attached hydrogens (tertiary/aromatic N) is 3. The molecule has 2 heterocycles. The topological polar surface area (TPSA) is 67.6 Å². The SMILES string of the molecule is Cc1cc(C)cc(OC[C@H](O)Cn2c([C@H]3CC(=O)N(C(C)(C)C)C3)nc3ccccc32)c1. The molecular formula is C26H33N3O3. The van der Waals surface area contributed by atoms with E-state index in [-0.39, 0.29) is 24.0 Å². The second kappa shape index (κ2) is 8.58. The number of carbonyl (C=O) groups excluding carboxylic acids is 1. The van der Waals surface area contributed by atoms with Crippen molar-refractivity contribution in [2.24, 2.45) is 0 Å². The second-order valence-electron chi connectivity index (χ2n) is 9.93. The lowest BCUT2D eigenvalue weighted by molar-refractivity contribution is -0.131. The molecule has 1 aliphatic heterocycles. The number of hydrogen-bond acceptors (Lipinski definition) is 4. The molecule has 2 atom stereocenters. The summed E-state index contributed by atoms with van der Waals surface area (Å²) in [6.45, 7) is 11.4. The van der Waals surface area contributed by atoms with Gasteiger partial charge in [0.05, 0.1) is 17.6 Å². The van der Waals surface area contributed by atoms with Gasteiger partial charge in [-0.1, -0.05) is 18.2 Å². The molecule has 1 amide bonds. The van der Waals surface area contributed by atoms with Crippen molar-refractivity contribution in [3.63, 3.8) is 0 Å². The van der Waals surface area contributed by atoms with Crippen molar-refractivity contribution in [3.05, 3.63) is 59.4 Å². The quantitative estimate of drug-likeness (QED) is 0.630. The van der Waals surface area contributed by atoms with Crippen LogP contribution in [0.2, 0.25) is 0 Å². The van der Waals surface area contributed by atoms with E-state index < -0.39 is 6.10 Å². The Labute approximate surface area is 189 Å². The number of rotatable bonds is 6. The predicted octanol–water partition coefficient (Wildman–Crippen LogP) is 4.21. The summed E-state index contributed by atoms with van der Waals surface area (Å²) in [7, 11) is 0. The third-order valence-electron chi connectivity index (χ3n) is 6.01. The van der Waals surface area contributed by atoms with Gasteiger partial charge in [0.2, 0.25) is 5.91 Å². The number of ether oxygens (including phenoxy) is 1. The first-order valence-electron chi connectivity index (χ1n) is 11.3. The number of imidazole rings is 1. The molecule has 3 aromatic rings. The van der Waals surface area contributed by atoms with Gasteiger partial charge in [0.25, 0.3) is 0 Å². The number of likely N-dealkylation sites (tertiary alicyclic amines) is 1. The summed E-state index contributed by atoms with van der Waals surface area (Å²) in [5.74, 6) is 1.78. The van der Waals surface area contributed by atoms with Crippen LogP contribution in [0.15, 0.2) is 42.5 Å². The summed E-state index contributed by atoms with van der Waals surface area (Å²) >= 11 is 0. The number of carbonyl (C=O) groups is 1. The number of amides is 1. The Hall–Kier alpha value is -2.86. The first kappa shape index (κ1) is 22.3. The van der Waals surface area contributed by atoms with Crippen LogP contribution in [-0.2, 0) is 11.3 Å². The Kier molecular flexibility index (Phi) is 5.99. The highest BCUT2D eigenvalue weighted by Crippen LogP contribution is 2.34. The Morgan fingerprint density at radius 3 is 2.50 bits per heavy atom. The van der Waals surface area contributed by atoms with Crippen LogP contribution >= 0.6 is 0 Å². The fourth-order valence-corrected chi connectivity index (χ4v) is 4.60. The van der Waals surface area contributed by atoms with E-state index in [0.29, 0.717) is 19.5 Å². The lowest BCUT2D eigenvalue weighted by Gasteiger charge is -2.32.